The van der Waals surface area contributed by atoms with Crippen LogP contribution in [0.5, 0.6) is 11.5 Å². The van der Waals surface area contributed by atoms with Crippen molar-refractivity contribution in [2.24, 2.45) is 0 Å². The summed E-state index contributed by atoms with van der Waals surface area (Å²) in [7, 11) is 0. The molecule has 29 heavy (non-hydrogen) atoms. The van der Waals surface area contributed by atoms with Crippen LogP contribution in [0.2, 0.25) is 0 Å². The number of amides is 1. The predicted molar refractivity (Wildman–Crippen MR) is 105 cm³/mol. The number of halogens is 1. The van der Waals surface area contributed by atoms with Gasteiger partial charge >= 0.3 is 5.97 Å². The molecule has 0 aliphatic carbocycles. The molecule has 0 bridgehead atoms. The Morgan fingerprint density at radius 2 is 1.83 bits per heavy atom. The number of ether oxygens (including phenoxy) is 3. The monoisotopic (exact) mass is 399 g/mol. The Hall–Kier alpha value is -3.35. The number of nitrogens with zero attached hydrogens (tertiary/aromatic N) is 1. The van der Waals surface area contributed by atoms with Gasteiger partial charge in [0.25, 0.3) is 5.91 Å². The summed E-state index contributed by atoms with van der Waals surface area (Å²) in [4.78, 5) is 25.8. The Morgan fingerprint density at radius 3 is 2.55 bits per heavy atom. The minimum atomic E-state index is -0.641. The molecular formula is C22H22FNO5. The predicted octanol–water partition coefficient (Wildman–Crippen LogP) is 3.20. The molecule has 1 heterocycles. The van der Waals surface area contributed by atoms with E-state index in [9.17, 15) is 14.0 Å². The number of likely N-dealkylation sites (N-methyl/N-ethyl adjacent to an activating group) is 1. The molecule has 0 aromatic heterocycles. The first kappa shape index (κ1) is 20.4. The van der Waals surface area contributed by atoms with E-state index in [1.807, 2.05) is 25.1 Å². The van der Waals surface area contributed by atoms with Gasteiger partial charge in [-0.1, -0.05) is 18.2 Å². The molecule has 1 aliphatic heterocycles. The van der Waals surface area contributed by atoms with Gasteiger partial charge < -0.3 is 19.1 Å². The quantitative estimate of drug-likeness (QED) is 0.528. The first-order valence-electron chi connectivity index (χ1n) is 9.32. The van der Waals surface area contributed by atoms with E-state index in [-0.39, 0.29) is 18.3 Å². The summed E-state index contributed by atoms with van der Waals surface area (Å²) >= 11 is 0. The molecule has 1 amide bonds. The smallest absolute Gasteiger partial charge is 0.331 e. The molecule has 0 saturated carbocycles. The first-order chi connectivity index (χ1) is 14.0. The highest BCUT2D eigenvalue weighted by Gasteiger charge is 2.17. The number of carbonyl (C=O) groups excluding carboxylic acids is 2. The average molecular weight is 399 g/mol. The van der Waals surface area contributed by atoms with E-state index >= 15 is 0 Å². The molecule has 152 valence electrons. The van der Waals surface area contributed by atoms with Crippen molar-refractivity contribution >= 4 is 18.0 Å². The van der Waals surface area contributed by atoms with Gasteiger partial charge in [-0.2, -0.15) is 0 Å². The molecule has 0 spiro atoms. The highest BCUT2D eigenvalue weighted by Crippen LogP contribution is 2.31. The molecule has 1 aliphatic rings. The van der Waals surface area contributed by atoms with Crippen LogP contribution in [0.3, 0.4) is 0 Å². The molecule has 0 fully saturated rings. The van der Waals surface area contributed by atoms with E-state index < -0.39 is 5.97 Å². The molecule has 2 aromatic carbocycles. The van der Waals surface area contributed by atoms with Crippen LogP contribution in [-0.2, 0) is 20.9 Å². The van der Waals surface area contributed by atoms with Gasteiger partial charge in [-0.25, -0.2) is 9.18 Å². The van der Waals surface area contributed by atoms with Crippen molar-refractivity contribution in [3.63, 3.8) is 0 Å². The highest BCUT2D eigenvalue weighted by molar-refractivity contribution is 5.89. The Labute approximate surface area is 168 Å². The number of carbonyl (C=O) groups is 2. The maximum atomic E-state index is 12.9. The van der Waals surface area contributed by atoms with E-state index in [2.05, 4.69) is 0 Å². The molecule has 0 saturated heterocycles. The van der Waals surface area contributed by atoms with Gasteiger partial charge in [-0.05, 0) is 48.4 Å². The van der Waals surface area contributed by atoms with Crippen LogP contribution in [0.25, 0.3) is 6.08 Å². The van der Waals surface area contributed by atoms with Crippen LogP contribution in [-0.4, -0.2) is 43.1 Å². The van der Waals surface area contributed by atoms with Crippen molar-refractivity contribution in [2.45, 2.75) is 13.5 Å². The lowest BCUT2D eigenvalue weighted by Gasteiger charge is -2.23. The minimum Gasteiger partial charge on any atom is -0.486 e. The number of rotatable bonds is 7. The van der Waals surface area contributed by atoms with Gasteiger partial charge in [-0.3, -0.25) is 4.79 Å². The molecular weight excluding hydrogens is 377 g/mol. The van der Waals surface area contributed by atoms with Gasteiger partial charge in [0.15, 0.2) is 18.1 Å². The minimum absolute atomic E-state index is 0.300. The molecule has 7 heteroatoms. The van der Waals surface area contributed by atoms with Crippen molar-refractivity contribution < 1.29 is 28.2 Å². The molecule has 2 aromatic rings. The Bertz CT molecular complexity index is 895. The van der Waals surface area contributed by atoms with E-state index in [0.29, 0.717) is 43.4 Å². The Balaban J connectivity index is 1.51. The Kier molecular flexibility index (Phi) is 6.84. The summed E-state index contributed by atoms with van der Waals surface area (Å²) in [6.07, 6.45) is 2.71. The van der Waals surface area contributed by atoms with Gasteiger partial charge in [-0.15, -0.1) is 0 Å². The summed E-state index contributed by atoms with van der Waals surface area (Å²) < 4.78 is 29.0. The van der Waals surface area contributed by atoms with Gasteiger partial charge in [0.05, 0.1) is 0 Å². The van der Waals surface area contributed by atoms with E-state index in [1.54, 1.807) is 4.90 Å². The first-order valence-corrected chi connectivity index (χ1v) is 9.32. The standard InChI is InChI=1S/C22H22FNO5/c1-2-24(14-17-5-9-19-20(13-17)28-12-11-27-19)21(25)15-29-22(26)10-6-16-3-7-18(23)8-4-16/h3-10,13H,2,11-12,14-15H2,1H3/b10-6+. The highest BCUT2D eigenvalue weighted by atomic mass is 19.1. The number of fused-ring (bicyclic) bond motifs is 1. The second kappa shape index (κ2) is 9.73. The number of benzene rings is 2. The molecule has 6 nitrogen and oxygen atoms in total. The zero-order valence-corrected chi connectivity index (χ0v) is 16.1. The summed E-state index contributed by atoms with van der Waals surface area (Å²) in [5.74, 6) is 0.0582. The van der Waals surface area contributed by atoms with Crippen LogP contribution in [0.4, 0.5) is 4.39 Å². The zero-order chi connectivity index (χ0) is 20.6. The van der Waals surface area contributed by atoms with Crippen molar-refractivity contribution in [3.05, 3.63) is 65.5 Å². The maximum absolute atomic E-state index is 12.9. The largest absolute Gasteiger partial charge is 0.486 e. The second-order valence-corrected chi connectivity index (χ2v) is 6.38. The zero-order valence-electron chi connectivity index (χ0n) is 16.1. The van der Waals surface area contributed by atoms with Gasteiger partial charge in [0.1, 0.15) is 19.0 Å². The van der Waals surface area contributed by atoms with Crippen molar-refractivity contribution in [1.82, 2.24) is 4.90 Å². The summed E-state index contributed by atoms with van der Waals surface area (Å²) in [5, 5.41) is 0. The fraction of sp³-hybridized carbons (Fsp3) is 0.273. The summed E-state index contributed by atoms with van der Waals surface area (Å²) in [6.45, 7) is 3.35. The Morgan fingerprint density at radius 1 is 1.10 bits per heavy atom. The molecule has 0 atom stereocenters. The fourth-order valence-electron chi connectivity index (χ4n) is 2.79. The van der Waals surface area contributed by atoms with Crippen LogP contribution in [0, 0.1) is 5.82 Å². The number of hydrogen-bond acceptors (Lipinski definition) is 5. The summed E-state index contributed by atoms with van der Waals surface area (Å²) in [5.41, 5.74) is 1.55. The SMILES string of the molecule is CCN(Cc1ccc2c(c1)OCCO2)C(=O)COC(=O)/C=C/c1ccc(F)cc1. The molecule has 0 N–H and O–H groups in total. The third-order valence-corrected chi connectivity index (χ3v) is 4.33. The third-order valence-electron chi connectivity index (χ3n) is 4.33. The number of esters is 1. The lowest BCUT2D eigenvalue weighted by molar-refractivity contribution is -0.148. The average Bonchev–Trinajstić information content (AvgIpc) is 2.75. The number of hydrogen-bond donors (Lipinski definition) is 0. The van der Waals surface area contributed by atoms with Crippen molar-refractivity contribution in [1.29, 1.82) is 0 Å². The van der Waals surface area contributed by atoms with Gasteiger partial charge in [0.2, 0.25) is 0 Å². The van der Waals surface area contributed by atoms with Crippen LogP contribution < -0.4 is 9.47 Å². The lowest BCUT2D eigenvalue weighted by atomic mass is 10.1. The summed E-state index contributed by atoms with van der Waals surface area (Å²) in [6, 6.07) is 11.2. The van der Waals surface area contributed by atoms with Crippen LogP contribution in [0.1, 0.15) is 18.1 Å². The topological polar surface area (TPSA) is 65.1 Å². The van der Waals surface area contributed by atoms with Crippen molar-refractivity contribution in [3.8, 4) is 11.5 Å². The second-order valence-electron chi connectivity index (χ2n) is 6.38. The lowest BCUT2D eigenvalue weighted by Crippen LogP contribution is -2.34. The fourth-order valence-corrected chi connectivity index (χ4v) is 2.79. The van der Waals surface area contributed by atoms with E-state index in [0.717, 1.165) is 5.56 Å². The van der Waals surface area contributed by atoms with E-state index in [4.69, 9.17) is 14.2 Å². The third kappa shape index (κ3) is 5.81. The maximum Gasteiger partial charge on any atom is 0.331 e. The van der Waals surface area contributed by atoms with Crippen LogP contribution >= 0.6 is 0 Å². The normalized spacial score (nSPS) is 12.6. The molecule has 0 unspecified atom stereocenters. The van der Waals surface area contributed by atoms with Gasteiger partial charge in [0, 0.05) is 19.2 Å². The molecule has 3 rings (SSSR count). The van der Waals surface area contributed by atoms with E-state index in [1.165, 1.54) is 36.4 Å². The van der Waals surface area contributed by atoms with Crippen molar-refractivity contribution in [2.75, 3.05) is 26.4 Å². The molecule has 0 radical (unpaired) electrons. The van der Waals surface area contributed by atoms with Crippen LogP contribution in [0.15, 0.2) is 48.5 Å².